The number of morpholine rings is 1. The number of benzene rings is 1. The zero-order valence-corrected chi connectivity index (χ0v) is 12.7. The molecule has 4 heteroatoms. The summed E-state index contributed by atoms with van der Waals surface area (Å²) in [4.78, 5) is 6.79. The predicted octanol–water partition coefficient (Wildman–Crippen LogP) is 2.35. The molecule has 0 amide bonds. The molecule has 1 unspecified atom stereocenters. The lowest BCUT2D eigenvalue weighted by molar-refractivity contribution is -0.0190. The van der Waals surface area contributed by atoms with Gasteiger partial charge in [-0.3, -0.25) is 9.88 Å². The lowest BCUT2D eigenvalue weighted by Gasteiger charge is -2.44. The second-order valence-corrected chi connectivity index (χ2v) is 6.19. The van der Waals surface area contributed by atoms with Crippen molar-refractivity contribution in [2.75, 3.05) is 26.3 Å². The molecule has 4 nitrogen and oxygen atoms in total. The van der Waals surface area contributed by atoms with Crippen molar-refractivity contribution in [3.63, 3.8) is 0 Å². The van der Waals surface area contributed by atoms with Crippen molar-refractivity contribution >= 4 is 10.9 Å². The Morgan fingerprint density at radius 2 is 2.00 bits per heavy atom. The third-order valence-corrected chi connectivity index (χ3v) is 4.57. The molecule has 1 saturated heterocycles. The van der Waals surface area contributed by atoms with Crippen LogP contribution in [-0.4, -0.2) is 41.7 Å². The number of hydrogen-bond acceptors (Lipinski definition) is 4. The van der Waals surface area contributed by atoms with Crippen molar-refractivity contribution in [3.8, 4) is 0 Å². The van der Waals surface area contributed by atoms with E-state index < -0.39 is 0 Å². The highest BCUT2D eigenvalue weighted by Crippen LogP contribution is 2.31. The van der Waals surface area contributed by atoms with Gasteiger partial charge in [0, 0.05) is 36.3 Å². The van der Waals surface area contributed by atoms with Crippen LogP contribution in [0.4, 0.5) is 0 Å². The van der Waals surface area contributed by atoms with Crippen molar-refractivity contribution in [1.29, 1.82) is 0 Å². The SMILES string of the molecule is CC(C)(C(N)c1ccc2ncccc2c1)N1CCOCC1. The van der Waals surface area contributed by atoms with Gasteiger partial charge in [0.25, 0.3) is 0 Å². The summed E-state index contributed by atoms with van der Waals surface area (Å²) in [6.45, 7) is 7.90. The molecule has 0 bridgehead atoms. The topological polar surface area (TPSA) is 51.4 Å². The molecule has 2 heterocycles. The first-order valence-electron chi connectivity index (χ1n) is 7.52. The summed E-state index contributed by atoms with van der Waals surface area (Å²) < 4.78 is 5.45. The number of nitrogens with zero attached hydrogens (tertiary/aromatic N) is 2. The Labute approximate surface area is 125 Å². The summed E-state index contributed by atoms with van der Waals surface area (Å²) in [5.74, 6) is 0. The van der Waals surface area contributed by atoms with Gasteiger partial charge in [-0.15, -0.1) is 0 Å². The normalized spacial score (nSPS) is 18.8. The van der Waals surface area contributed by atoms with E-state index in [0.717, 1.165) is 42.8 Å². The van der Waals surface area contributed by atoms with Crippen LogP contribution in [0.3, 0.4) is 0 Å². The molecule has 1 aliphatic rings. The van der Waals surface area contributed by atoms with Gasteiger partial charge in [-0.2, -0.15) is 0 Å². The van der Waals surface area contributed by atoms with Crippen LogP contribution in [-0.2, 0) is 4.74 Å². The van der Waals surface area contributed by atoms with Crippen LogP contribution in [0, 0.1) is 0 Å². The fraction of sp³-hybridized carbons (Fsp3) is 0.471. The van der Waals surface area contributed by atoms with Gasteiger partial charge >= 0.3 is 0 Å². The Morgan fingerprint density at radius 1 is 1.24 bits per heavy atom. The van der Waals surface area contributed by atoms with Crippen molar-refractivity contribution in [2.24, 2.45) is 5.73 Å². The number of pyridine rings is 1. The molecule has 3 rings (SSSR count). The molecular weight excluding hydrogens is 262 g/mol. The van der Waals surface area contributed by atoms with Crippen molar-refractivity contribution in [2.45, 2.75) is 25.4 Å². The van der Waals surface area contributed by atoms with Crippen LogP contribution < -0.4 is 5.73 Å². The van der Waals surface area contributed by atoms with E-state index in [2.05, 4.69) is 48.0 Å². The number of hydrogen-bond donors (Lipinski definition) is 1. The van der Waals surface area contributed by atoms with E-state index in [9.17, 15) is 0 Å². The highest BCUT2D eigenvalue weighted by Gasteiger charge is 2.35. The molecule has 2 aromatic rings. The van der Waals surface area contributed by atoms with Crippen molar-refractivity contribution in [1.82, 2.24) is 9.88 Å². The molecule has 0 aliphatic carbocycles. The van der Waals surface area contributed by atoms with Crippen molar-refractivity contribution in [3.05, 3.63) is 42.1 Å². The predicted molar refractivity (Wildman–Crippen MR) is 85.1 cm³/mol. The molecule has 1 aliphatic heterocycles. The average Bonchev–Trinajstić information content (AvgIpc) is 2.54. The van der Waals surface area contributed by atoms with E-state index in [1.807, 2.05) is 12.3 Å². The lowest BCUT2D eigenvalue weighted by atomic mass is 9.87. The van der Waals surface area contributed by atoms with Crippen LogP contribution in [0.25, 0.3) is 10.9 Å². The Kier molecular flexibility index (Phi) is 3.93. The summed E-state index contributed by atoms with van der Waals surface area (Å²) in [7, 11) is 0. The molecule has 1 atom stereocenters. The Morgan fingerprint density at radius 3 is 2.76 bits per heavy atom. The van der Waals surface area contributed by atoms with Gasteiger partial charge in [0.05, 0.1) is 18.7 Å². The Hall–Kier alpha value is -1.49. The molecular formula is C17H23N3O. The summed E-state index contributed by atoms with van der Waals surface area (Å²) in [5, 5.41) is 1.14. The van der Waals surface area contributed by atoms with E-state index in [4.69, 9.17) is 10.5 Å². The first-order valence-corrected chi connectivity index (χ1v) is 7.52. The zero-order chi connectivity index (χ0) is 14.9. The molecule has 112 valence electrons. The van der Waals surface area contributed by atoms with E-state index in [1.54, 1.807) is 0 Å². The second kappa shape index (κ2) is 5.72. The number of nitrogens with two attached hydrogens (primary N) is 1. The lowest BCUT2D eigenvalue weighted by Crippen LogP contribution is -2.55. The highest BCUT2D eigenvalue weighted by atomic mass is 16.5. The molecule has 21 heavy (non-hydrogen) atoms. The standard InChI is InChI=1S/C17H23N3O/c1-17(2,20-8-10-21-11-9-20)16(18)14-5-6-15-13(12-14)4-3-7-19-15/h3-7,12,16H,8-11,18H2,1-2H3. The Balaban J connectivity index is 1.89. The Bertz CT molecular complexity index is 620. The molecule has 0 radical (unpaired) electrons. The van der Waals surface area contributed by atoms with Gasteiger partial charge in [0.1, 0.15) is 0 Å². The van der Waals surface area contributed by atoms with Crippen LogP contribution in [0.1, 0.15) is 25.5 Å². The zero-order valence-electron chi connectivity index (χ0n) is 12.7. The second-order valence-electron chi connectivity index (χ2n) is 6.19. The monoisotopic (exact) mass is 285 g/mol. The van der Waals surface area contributed by atoms with Crippen LogP contribution in [0.15, 0.2) is 36.5 Å². The number of fused-ring (bicyclic) bond motifs is 1. The fourth-order valence-corrected chi connectivity index (χ4v) is 3.03. The maximum absolute atomic E-state index is 6.59. The smallest absolute Gasteiger partial charge is 0.0702 e. The fourth-order valence-electron chi connectivity index (χ4n) is 3.03. The molecule has 0 saturated carbocycles. The third-order valence-electron chi connectivity index (χ3n) is 4.57. The third kappa shape index (κ3) is 2.79. The minimum Gasteiger partial charge on any atom is -0.379 e. The van der Waals surface area contributed by atoms with E-state index >= 15 is 0 Å². The molecule has 1 aromatic carbocycles. The maximum Gasteiger partial charge on any atom is 0.0702 e. The number of aromatic nitrogens is 1. The minimum atomic E-state index is -0.0976. The van der Waals surface area contributed by atoms with Gasteiger partial charge in [0.15, 0.2) is 0 Å². The summed E-state index contributed by atoms with van der Waals surface area (Å²) in [6.07, 6.45) is 1.82. The largest absolute Gasteiger partial charge is 0.379 e. The summed E-state index contributed by atoms with van der Waals surface area (Å²) >= 11 is 0. The maximum atomic E-state index is 6.59. The van der Waals surface area contributed by atoms with E-state index in [0.29, 0.717) is 0 Å². The quantitative estimate of drug-likeness (QED) is 0.940. The minimum absolute atomic E-state index is 0.0415. The molecule has 0 spiro atoms. The van der Waals surface area contributed by atoms with Gasteiger partial charge < -0.3 is 10.5 Å². The summed E-state index contributed by atoms with van der Waals surface area (Å²) in [5.41, 5.74) is 8.67. The van der Waals surface area contributed by atoms with Crippen molar-refractivity contribution < 1.29 is 4.74 Å². The number of rotatable bonds is 3. The van der Waals surface area contributed by atoms with Crippen LogP contribution >= 0.6 is 0 Å². The summed E-state index contributed by atoms with van der Waals surface area (Å²) in [6, 6.07) is 10.3. The van der Waals surface area contributed by atoms with Crippen LogP contribution in [0.2, 0.25) is 0 Å². The first kappa shape index (κ1) is 14.4. The van der Waals surface area contributed by atoms with Gasteiger partial charge in [-0.05, 0) is 37.6 Å². The average molecular weight is 285 g/mol. The molecule has 2 N–H and O–H groups in total. The van der Waals surface area contributed by atoms with Gasteiger partial charge in [-0.25, -0.2) is 0 Å². The van der Waals surface area contributed by atoms with Gasteiger partial charge in [0.2, 0.25) is 0 Å². The molecule has 1 aromatic heterocycles. The van der Waals surface area contributed by atoms with E-state index in [-0.39, 0.29) is 11.6 Å². The van der Waals surface area contributed by atoms with Gasteiger partial charge in [-0.1, -0.05) is 12.1 Å². The number of ether oxygens (including phenoxy) is 1. The first-order chi connectivity index (χ1) is 10.1. The van der Waals surface area contributed by atoms with E-state index in [1.165, 1.54) is 0 Å². The van der Waals surface area contributed by atoms with Crippen LogP contribution in [0.5, 0.6) is 0 Å². The highest BCUT2D eigenvalue weighted by molar-refractivity contribution is 5.79. The molecule has 1 fully saturated rings.